The van der Waals surface area contributed by atoms with Crippen LogP contribution in [0.5, 0.6) is 5.75 Å². The van der Waals surface area contributed by atoms with Crippen molar-refractivity contribution in [1.29, 1.82) is 0 Å². The lowest BCUT2D eigenvalue weighted by Gasteiger charge is -2.15. The zero-order chi connectivity index (χ0) is 14.8. The van der Waals surface area contributed by atoms with Gasteiger partial charge in [0, 0.05) is 6.08 Å². The summed E-state index contributed by atoms with van der Waals surface area (Å²) in [5, 5.41) is 0. The number of benzene rings is 2. The van der Waals surface area contributed by atoms with Gasteiger partial charge in [-0.3, -0.25) is 9.59 Å². The zero-order valence-electron chi connectivity index (χ0n) is 11.4. The number of methoxy groups -OCH3 is 1. The maximum atomic E-state index is 12.5. The molecule has 4 heteroatoms. The molecule has 0 spiro atoms. The van der Waals surface area contributed by atoms with Gasteiger partial charge >= 0.3 is 0 Å². The predicted molar refractivity (Wildman–Crippen MR) is 79.9 cm³/mol. The third-order valence-electron chi connectivity index (χ3n) is 3.34. The number of hydrogen-bond donors (Lipinski definition) is 0. The van der Waals surface area contributed by atoms with E-state index in [0.717, 1.165) is 5.56 Å². The van der Waals surface area contributed by atoms with E-state index in [4.69, 9.17) is 4.74 Å². The number of nitrogens with zero attached hydrogens (tertiary/aromatic N) is 1. The fraction of sp³-hybridized carbons (Fsp3) is 0.0588. The molecule has 0 aliphatic carbocycles. The van der Waals surface area contributed by atoms with Gasteiger partial charge in [0.25, 0.3) is 11.8 Å². The lowest BCUT2D eigenvalue weighted by Crippen LogP contribution is -2.30. The van der Waals surface area contributed by atoms with Gasteiger partial charge in [0.2, 0.25) is 0 Å². The van der Waals surface area contributed by atoms with Crippen molar-refractivity contribution in [1.82, 2.24) is 0 Å². The fourth-order valence-electron chi connectivity index (χ4n) is 2.27. The van der Waals surface area contributed by atoms with Crippen molar-refractivity contribution in [3.8, 4) is 5.75 Å². The Morgan fingerprint density at radius 2 is 1.57 bits per heavy atom. The third kappa shape index (κ3) is 2.31. The largest absolute Gasteiger partial charge is 0.497 e. The Morgan fingerprint density at radius 1 is 0.905 bits per heavy atom. The molecule has 0 radical (unpaired) electrons. The van der Waals surface area contributed by atoms with Gasteiger partial charge in [-0.1, -0.05) is 30.3 Å². The molecule has 1 heterocycles. The first kappa shape index (κ1) is 13.1. The van der Waals surface area contributed by atoms with Crippen molar-refractivity contribution in [2.75, 3.05) is 12.0 Å². The monoisotopic (exact) mass is 279 g/mol. The summed E-state index contributed by atoms with van der Waals surface area (Å²) >= 11 is 0. The van der Waals surface area contributed by atoms with Crippen LogP contribution in [0.15, 0.2) is 60.7 Å². The van der Waals surface area contributed by atoms with Crippen LogP contribution < -0.4 is 9.64 Å². The van der Waals surface area contributed by atoms with Crippen molar-refractivity contribution < 1.29 is 14.3 Å². The highest BCUT2D eigenvalue weighted by molar-refractivity contribution is 6.43. The smallest absolute Gasteiger partial charge is 0.266 e. The Kier molecular flexibility index (Phi) is 3.28. The van der Waals surface area contributed by atoms with E-state index in [1.54, 1.807) is 31.4 Å². The number of imide groups is 1. The van der Waals surface area contributed by atoms with Crippen LogP contribution in [-0.4, -0.2) is 18.9 Å². The average Bonchev–Trinajstić information content (AvgIpc) is 2.83. The summed E-state index contributed by atoms with van der Waals surface area (Å²) in [7, 11) is 1.57. The summed E-state index contributed by atoms with van der Waals surface area (Å²) in [6, 6.07) is 16.0. The molecule has 2 amide bonds. The Bertz CT molecular complexity index is 717. The van der Waals surface area contributed by atoms with E-state index >= 15 is 0 Å². The van der Waals surface area contributed by atoms with E-state index in [1.807, 2.05) is 30.3 Å². The van der Waals surface area contributed by atoms with Gasteiger partial charge in [-0.2, -0.15) is 0 Å². The standard InChI is InChI=1S/C17H13NO3/c1-21-14-9-7-13(8-10-14)18-16(19)11-15(17(18)20)12-5-3-2-4-6-12/h2-11H,1H3. The Morgan fingerprint density at radius 3 is 2.19 bits per heavy atom. The number of amides is 2. The summed E-state index contributed by atoms with van der Waals surface area (Å²) in [6.07, 6.45) is 1.38. The maximum Gasteiger partial charge on any atom is 0.266 e. The van der Waals surface area contributed by atoms with E-state index in [1.165, 1.54) is 11.0 Å². The maximum absolute atomic E-state index is 12.5. The summed E-state index contributed by atoms with van der Waals surface area (Å²) < 4.78 is 5.07. The van der Waals surface area contributed by atoms with E-state index in [0.29, 0.717) is 17.0 Å². The highest BCUT2D eigenvalue weighted by Gasteiger charge is 2.32. The lowest BCUT2D eigenvalue weighted by molar-refractivity contribution is -0.119. The van der Waals surface area contributed by atoms with Gasteiger partial charge in [-0.05, 0) is 29.8 Å². The molecule has 0 saturated heterocycles. The molecule has 2 aromatic rings. The van der Waals surface area contributed by atoms with Gasteiger partial charge < -0.3 is 4.74 Å². The minimum Gasteiger partial charge on any atom is -0.497 e. The number of ether oxygens (including phenoxy) is 1. The molecule has 2 aromatic carbocycles. The van der Waals surface area contributed by atoms with Crippen molar-refractivity contribution in [2.45, 2.75) is 0 Å². The van der Waals surface area contributed by atoms with Crippen molar-refractivity contribution in [3.05, 3.63) is 66.2 Å². The average molecular weight is 279 g/mol. The van der Waals surface area contributed by atoms with E-state index < -0.39 is 0 Å². The van der Waals surface area contributed by atoms with Crippen molar-refractivity contribution >= 4 is 23.1 Å². The van der Waals surface area contributed by atoms with Crippen LogP contribution in [0.4, 0.5) is 5.69 Å². The Labute approximate surface area is 122 Å². The van der Waals surface area contributed by atoms with E-state index in [9.17, 15) is 9.59 Å². The third-order valence-corrected chi connectivity index (χ3v) is 3.34. The molecule has 21 heavy (non-hydrogen) atoms. The molecule has 4 nitrogen and oxygen atoms in total. The number of rotatable bonds is 3. The van der Waals surface area contributed by atoms with Crippen LogP contribution in [0.3, 0.4) is 0 Å². The van der Waals surface area contributed by atoms with E-state index in [-0.39, 0.29) is 11.8 Å². The van der Waals surface area contributed by atoms with Gasteiger partial charge in [-0.25, -0.2) is 4.90 Å². The molecule has 1 aliphatic rings. The molecule has 0 unspecified atom stereocenters. The lowest BCUT2D eigenvalue weighted by atomic mass is 10.1. The second-order valence-corrected chi connectivity index (χ2v) is 4.60. The summed E-state index contributed by atoms with van der Waals surface area (Å²) in [4.78, 5) is 25.8. The summed E-state index contributed by atoms with van der Waals surface area (Å²) in [5.74, 6) is 0.0365. The van der Waals surface area contributed by atoms with Crippen LogP contribution >= 0.6 is 0 Å². The van der Waals surface area contributed by atoms with Crippen LogP contribution in [0.2, 0.25) is 0 Å². The Balaban J connectivity index is 1.93. The molecular weight excluding hydrogens is 266 g/mol. The first-order valence-electron chi connectivity index (χ1n) is 6.50. The van der Waals surface area contributed by atoms with Crippen molar-refractivity contribution in [2.24, 2.45) is 0 Å². The van der Waals surface area contributed by atoms with Crippen molar-refractivity contribution in [3.63, 3.8) is 0 Å². The minimum atomic E-state index is -0.330. The summed E-state index contributed by atoms with van der Waals surface area (Å²) in [5.41, 5.74) is 1.69. The molecule has 0 saturated carbocycles. The number of carbonyl (C=O) groups is 2. The second-order valence-electron chi connectivity index (χ2n) is 4.60. The summed E-state index contributed by atoms with van der Waals surface area (Å²) in [6.45, 7) is 0. The molecule has 104 valence electrons. The molecule has 0 aromatic heterocycles. The molecule has 0 fully saturated rings. The van der Waals surface area contributed by atoms with E-state index in [2.05, 4.69) is 0 Å². The highest BCUT2D eigenvalue weighted by atomic mass is 16.5. The van der Waals surface area contributed by atoms with Gasteiger partial charge in [0.15, 0.2) is 0 Å². The first-order chi connectivity index (χ1) is 10.2. The van der Waals surface area contributed by atoms with Gasteiger partial charge in [0.1, 0.15) is 5.75 Å². The van der Waals surface area contributed by atoms with Crippen LogP contribution in [-0.2, 0) is 9.59 Å². The molecule has 0 atom stereocenters. The topological polar surface area (TPSA) is 46.6 Å². The fourth-order valence-corrected chi connectivity index (χ4v) is 2.27. The normalized spacial score (nSPS) is 14.3. The number of carbonyl (C=O) groups excluding carboxylic acids is 2. The zero-order valence-corrected chi connectivity index (χ0v) is 11.4. The SMILES string of the molecule is COc1ccc(N2C(=O)C=C(c3ccccc3)C2=O)cc1. The second kappa shape index (κ2) is 5.25. The van der Waals surface area contributed by atoms with Gasteiger partial charge in [-0.15, -0.1) is 0 Å². The minimum absolute atomic E-state index is 0.309. The number of anilines is 1. The van der Waals surface area contributed by atoms with Crippen LogP contribution in [0.25, 0.3) is 5.57 Å². The van der Waals surface area contributed by atoms with Crippen LogP contribution in [0, 0.1) is 0 Å². The predicted octanol–water partition coefficient (Wildman–Crippen LogP) is 2.65. The molecular formula is C17H13NO3. The first-order valence-corrected chi connectivity index (χ1v) is 6.50. The molecule has 0 N–H and O–H groups in total. The molecule has 3 rings (SSSR count). The quantitative estimate of drug-likeness (QED) is 0.811. The van der Waals surface area contributed by atoms with Crippen LogP contribution in [0.1, 0.15) is 5.56 Å². The highest BCUT2D eigenvalue weighted by Crippen LogP contribution is 2.29. The molecule has 0 bridgehead atoms. The Hall–Kier alpha value is -2.88. The molecule has 1 aliphatic heterocycles. The number of hydrogen-bond acceptors (Lipinski definition) is 3. The van der Waals surface area contributed by atoms with Gasteiger partial charge in [0.05, 0.1) is 18.4 Å².